The van der Waals surface area contributed by atoms with Gasteiger partial charge in [-0.2, -0.15) is 0 Å². The van der Waals surface area contributed by atoms with Gasteiger partial charge in [0.2, 0.25) is 0 Å². The van der Waals surface area contributed by atoms with Gasteiger partial charge in [0.15, 0.2) is 6.29 Å². The van der Waals surface area contributed by atoms with E-state index in [2.05, 4.69) is 0 Å². The third-order valence-electron chi connectivity index (χ3n) is 2.30. The van der Waals surface area contributed by atoms with Gasteiger partial charge >= 0.3 is 5.97 Å². The minimum atomic E-state index is -0.938. The number of carbonyl (C=O) groups is 1. The van der Waals surface area contributed by atoms with E-state index in [9.17, 15) is 9.90 Å². The van der Waals surface area contributed by atoms with Gasteiger partial charge in [0.1, 0.15) is 6.10 Å². The number of hydrogen-bond acceptors (Lipinski definition) is 4. The van der Waals surface area contributed by atoms with Crippen molar-refractivity contribution < 1.29 is 24.5 Å². The second kappa shape index (κ2) is 11.2. The van der Waals surface area contributed by atoms with E-state index >= 15 is 0 Å². The van der Waals surface area contributed by atoms with E-state index in [-0.39, 0.29) is 0 Å². The molecule has 0 aromatic carbocycles. The van der Waals surface area contributed by atoms with Crippen molar-refractivity contribution in [1.82, 2.24) is 0 Å². The molecular formula is C13H24O5. The Kier molecular flexibility index (Phi) is 10.6. The molecule has 2 N–H and O–H groups in total. The molecule has 0 saturated carbocycles. The Morgan fingerprint density at radius 2 is 2.22 bits per heavy atom. The van der Waals surface area contributed by atoms with Gasteiger partial charge in [-0.05, 0) is 25.7 Å². The van der Waals surface area contributed by atoms with Gasteiger partial charge in [0.25, 0.3) is 0 Å². The van der Waals surface area contributed by atoms with Crippen molar-refractivity contribution in [3.05, 3.63) is 12.2 Å². The number of unbranched alkanes of at least 4 members (excludes halogenated alkanes) is 1. The standard InChI is InChI=1S/C11H18O5.C2H6/c12-9-5-4-8-16-11(9)15-7-3-1-2-6-10(13)14;1-2/h2,6,9,11-12H,1,3-5,7-8H2,(H,13,14);1-2H3/b6-2+;. The molecule has 1 heterocycles. The molecule has 0 radical (unpaired) electrons. The SMILES string of the molecule is CC.O=C(O)/C=C/CCCOC1OCCCC1O. The second-order valence-electron chi connectivity index (χ2n) is 3.70. The molecule has 0 aliphatic carbocycles. The first-order valence-electron chi connectivity index (χ1n) is 6.51. The minimum absolute atomic E-state index is 0.464. The summed E-state index contributed by atoms with van der Waals surface area (Å²) in [4.78, 5) is 10.2. The molecule has 0 bridgehead atoms. The van der Waals surface area contributed by atoms with Crippen LogP contribution in [-0.4, -0.2) is 41.8 Å². The lowest BCUT2D eigenvalue weighted by atomic mass is 10.1. The Morgan fingerprint density at radius 1 is 1.50 bits per heavy atom. The maximum Gasteiger partial charge on any atom is 0.327 e. The van der Waals surface area contributed by atoms with Crippen molar-refractivity contribution in [2.24, 2.45) is 0 Å². The largest absolute Gasteiger partial charge is 0.478 e. The molecule has 0 aromatic rings. The number of hydrogen-bond donors (Lipinski definition) is 2. The molecular weight excluding hydrogens is 236 g/mol. The van der Waals surface area contributed by atoms with Crippen molar-refractivity contribution >= 4 is 5.97 Å². The maximum atomic E-state index is 10.2. The van der Waals surface area contributed by atoms with Crippen LogP contribution in [0.1, 0.15) is 39.5 Å². The highest BCUT2D eigenvalue weighted by molar-refractivity contribution is 5.79. The molecule has 18 heavy (non-hydrogen) atoms. The van der Waals surface area contributed by atoms with Crippen LogP contribution in [0.3, 0.4) is 0 Å². The second-order valence-corrected chi connectivity index (χ2v) is 3.70. The Morgan fingerprint density at radius 3 is 2.83 bits per heavy atom. The van der Waals surface area contributed by atoms with Gasteiger partial charge in [-0.15, -0.1) is 0 Å². The summed E-state index contributed by atoms with van der Waals surface area (Å²) < 4.78 is 10.6. The van der Waals surface area contributed by atoms with Crippen molar-refractivity contribution in [1.29, 1.82) is 0 Å². The van der Waals surface area contributed by atoms with Gasteiger partial charge in [0.05, 0.1) is 6.61 Å². The van der Waals surface area contributed by atoms with Gasteiger partial charge in [-0.25, -0.2) is 4.79 Å². The highest BCUT2D eigenvalue weighted by Gasteiger charge is 2.23. The van der Waals surface area contributed by atoms with E-state index in [1.807, 2.05) is 13.8 Å². The first-order chi connectivity index (χ1) is 8.70. The number of aliphatic hydroxyl groups is 1. The molecule has 106 valence electrons. The topological polar surface area (TPSA) is 76.0 Å². The number of allylic oxidation sites excluding steroid dienone is 1. The zero-order valence-corrected chi connectivity index (χ0v) is 11.2. The predicted molar refractivity (Wildman–Crippen MR) is 68.3 cm³/mol. The van der Waals surface area contributed by atoms with E-state index in [0.717, 1.165) is 18.9 Å². The Balaban J connectivity index is 0.00000137. The van der Waals surface area contributed by atoms with Crippen molar-refractivity contribution in [3.63, 3.8) is 0 Å². The third-order valence-corrected chi connectivity index (χ3v) is 2.30. The molecule has 1 rings (SSSR count). The lowest BCUT2D eigenvalue weighted by Crippen LogP contribution is -2.36. The van der Waals surface area contributed by atoms with E-state index in [1.54, 1.807) is 6.08 Å². The molecule has 5 heteroatoms. The molecule has 0 aromatic heterocycles. The lowest BCUT2D eigenvalue weighted by molar-refractivity contribution is -0.214. The highest BCUT2D eigenvalue weighted by atomic mass is 16.7. The summed E-state index contributed by atoms with van der Waals surface area (Å²) in [7, 11) is 0. The van der Waals surface area contributed by atoms with Crippen LogP contribution in [0.15, 0.2) is 12.2 Å². The van der Waals surface area contributed by atoms with Crippen LogP contribution in [0, 0.1) is 0 Å². The molecule has 5 nitrogen and oxygen atoms in total. The van der Waals surface area contributed by atoms with Crippen LogP contribution in [0.4, 0.5) is 0 Å². The van der Waals surface area contributed by atoms with E-state index < -0.39 is 18.4 Å². The summed E-state index contributed by atoms with van der Waals surface area (Å²) in [5.41, 5.74) is 0. The molecule has 1 saturated heterocycles. The summed E-state index contributed by atoms with van der Waals surface area (Å²) in [6, 6.07) is 0. The van der Waals surface area contributed by atoms with Crippen LogP contribution >= 0.6 is 0 Å². The summed E-state index contributed by atoms with van der Waals surface area (Å²) in [6.07, 6.45) is 4.59. The van der Waals surface area contributed by atoms with Gasteiger partial charge in [-0.1, -0.05) is 19.9 Å². The quantitative estimate of drug-likeness (QED) is 0.564. The number of rotatable bonds is 6. The fourth-order valence-corrected chi connectivity index (χ4v) is 1.48. The maximum absolute atomic E-state index is 10.2. The number of aliphatic carboxylic acids is 1. The fourth-order valence-electron chi connectivity index (χ4n) is 1.48. The van der Waals surface area contributed by atoms with Gasteiger partial charge < -0.3 is 19.7 Å². The van der Waals surface area contributed by atoms with E-state index in [1.165, 1.54) is 0 Å². The monoisotopic (exact) mass is 260 g/mol. The van der Waals surface area contributed by atoms with Crippen LogP contribution in [-0.2, 0) is 14.3 Å². The fraction of sp³-hybridized carbons (Fsp3) is 0.769. The average molecular weight is 260 g/mol. The van der Waals surface area contributed by atoms with E-state index in [4.69, 9.17) is 14.6 Å². The zero-order valence-electron chi connectivity index (χ0n) is 11.2. The van der Waals surface area contributed by atoms with Crippen molar-refractivity contribution in [2.75, 3.05) is 13.2 Å². The molecule has 2 atom stereocenters. The number of carboxylic acid groups (broad SMARTS) is 1. The lowest BCUT2D eigenvalue weighted by Gasteiger charge is -2.27. The Hall–Kier alpha value is -0.910. The van der Waals surface area contributed by atoms with Gasteiger partial charge in [0, 0.05) is 12.7 Å². The average Bonchev–Trinajstić information content (AvgIpc) is 2.38. The first-order valence-corrected chi connectivity index (χ1v) is 6.51. The Labute approximate surface area is 108 Å². The summed E-state index contributed by atoms with van der Waals surface area (Å²) in [5.74, 6) is -0.938. The van der Waals surface area contributed by atoms with Crippen LogP contribution in [0.2, 0.25) is 0 Å². The first kappa shape index (κ1) is 17.1. The Bertz CT molecular complexity index is 240. The minimum Gasteiger partial charge on any atom is -0.478 e. The summed E-state index contributed by atoms with van der Waals surface area (Å²) in [6.45, 7) is 5.09. The summed E-state index contributed by atoms with van der Waals surface area (Å²) >= 11 is 0. The predicted octanol–water partition coefficient (Wildman–Crippen LogP) is 1.95. The van der Waals surface area contributed by atoms with Crippen molar-refractivity contribution in [2.45, 2.75) is 51.9 Å². The smallest absolute Gasteiger partial charge is 0.327 e. The van der Waals surface area contributed by atoms with E-state index in [0.29, 0.717) is 26.1 Å². The molecule has 1 fully saturated rings. The molecule has 0 spiro atoms. The van der Waals surface area contributed by atoms with Crippen LogP contribution in [0.25, 0.3) is 0 Å². The number of ether oxygens (including phenoxy) is 2. The molecule has 2 unspecified atom stereocenters. The van der Waals surface area contributed by atoms with Crippen molar-refractivity contribution in [3.8, 4) is 0 Å². The number of carboxylic acids is 1. The van der Waals surface area contributed by atoms with Gasteiger partial charge in [-0.3, -0.25) is 0 Å². The molecule has 1 aliphatic rings. The summed E-state index contributed by atoms with van der Waals surface area (Å²) in [5, 5.41) is 17.8. The van der Waals surface area contributed by atoms with Crippen LogP contribution < -0.4 is 0 Å². The zero-order chi connectivity index (χ0) is 13.8. The van der Waals surface area contributed by atoms with Crippen LogP contribution in [0.5, 0.6) is 0 Å². The highest BCUT2D eigenvalue weighted by Crippen LogP contribution is 2.15. The number of aliphatic hydroxyl groups excluding tert-OH is 1. The molecule has 1 aliphatic heterocycles. The normalized spacial score (nSPS) is 23.5. The third kappa shape index (κ3) is 8.22. The molecule has 0 amide bonds.